The first-order valence-electron chi connectivity index (χ1n) is 3.39. The SMILES string of the molecule is C=C(C)CCC(C)C(=O)[O-]. The summed E-state index contributed by atoms with van der Waals surface area (Å²) < 4.78 is 0. The molecule has 0 rings (SSSR count). The number of hydrogen-bond acceptors (Lipinski definition) is 2. The standard InChI is InChI=1S/C8H14O2/c1-6(2)4-5-7(3)8(9)10/h7H,1,4-5H2,2-3H3,(H,9,10)/p-1. The summed E-state index contributed by atoms with van der Waals surface area (Å²) in [5.41, 5.74) is 1.02. The van der Waals surface area contributed by atoms with Crippen LogP contribution in [0, 0.1) is 5.92 Å². The highest BCUT2D eigenvalue weighted by Crippen LogP contribution is 2.08. The lowest BCUT2D eigenvalue weighted by Gasteiger charge is -2.11. The minimum atomic E-state index is -0.971. The van der Waals surface area contributed by atoms with E-state index in [1.807, 2.05) is 6.92 Å². The van der Waals surface area contributed by atoms with E-state index >= 15 is 0 Å². The molecule has 1 unspecified atom stereocenters. The van der Waals surface area contributed by atoms with Crippen LogP contribution in [0.3, 0.4) is 0 Å². The Morgan fingerprint density at radius 2 is 2.20 bits per heavy atom. The highest BCUT2D eigenvalue weighted by molar-refractivity contribution is 5.66. The lowest BCUT2D eigenvalue weighted by molar-refractivity contribution is -0.311. The van der Waals surface area contributed by atoms with Gasteiger partial charge in [0.25, 0.3) is 0 Å². The largest absolute Gasteiger partial charge is 0.550 e. The fraction of sp³-hybridized carbons (Fsp3) is 0.625. The molecule has 0 aromatic heterocycles. The van der Waals surface area contributed by atoms with Gasteiger partial charge in [-0.25, -0.2) is 0 Å². The summed E-state index contributed by atoms with van der Waals surface area (Å²) in [5.74, 6) is -1.32. The van der Waals surface area contributed by atoms with Gasteiger partial charge in [0.15, 0.2) is 0 Å². The molecule has 0 fully saturated rings. The molecule has 0 aromatic rings. The van der Waals surface area contributed by atoms with Crippen LogP contribution in [-0.4, -0.2) is 5.97 Å². The third-order valence-electron chi connectivity index (χ3n) is 1.41. The Morgan fingerprint density at radius 1 is 1.70 bits per heavy atom. The molecule has 58 valence electrons. The molecule has 0 saturated carbocycles. The Hall–Kier alpha value is -0.790. The Kier molecular flexibility index (Phi) is 3.77. The van der Waals surface area contributed by atoms with E-state index < -0.39 is 5.97 Å². The molecule has 0 aromatic carbocycles. The number of aliphatic carboxylic acids is 1. The van der Waals surface area contributed by atoms with Crippen molar-refractivity contribution in [3.63, 3.8) is 0 Å². The third kappa shape index (κ3) is 4.13. The first-order valence-corrected chi connectivity index (χ1v) is 3.39. The van der Waals surface area contributed by atoms with Crippen LogP contribution in [-0.2, 0) is 4.79 Å². The van der Waals surface area contributed by atoms with Crippen LogP contribution < -0.4 is 5.11 Å². The van der Waals surface area contributed by atoms with Crippen molar-refractivity contribution in [1.82, 2.24) is 0 Å². The Morgan fingerprint density at radius 3 is 2.50 bits per heavy atom. The number of allylic oxidation sites excluding steroid dienone is 1. The normalized spacial score (nSPS) is 12.6. The summed E-state index contributed by atoms with van der Waals surface area (Å²) in [4.78, 5) is 10.2. The molecule has 0 radical (unpaired) electrons. The van der Waals surface area contributed by atoms with Gasteiger partial charge in [-0.05, 0) is 25.7 Å². The molecule has 0 N–H and O–H groups in total. The lowest BCUT2D eigenvalue weighted by Crippen LogP contribution is -2.29. The van der Waals surface area contributed by atoms with E-state index in [-0.39, 0.29) is 5.92 Å². The fourth-order valence-corrected chi connectivity index (χ4v) is 0.581. The number of carboxylic acids is 1. The van der Waals surface area contributed by atoms with Crippen LogP contribution in [0.1, 0.15) is 26.7 Å². The molecule has 0 heterocycles. The van der Waals surface area contributed by atoms with Gasteiger partial charge < -0.3 is 9.90 Å². The lowest BCUT2D eigenvalue weighted by atomic mass is 10.0. The highest BCUT2D eigenvalue weighted by Gasteiger charge is 2.01. The summed E-state index contributed by atoms with van der Waals surface area (Å²) >= 11 is 0. The van der Waals surface area contributed by atoms with Gasteiger partial charge in [0.05, 0.1) is 0 Å². The van der Waals surface area contributed by atoms with E-state index in [1.165, 1.54) is 0 Å². The van der Waals surface area contributed by atoms with E-state index in [4.69, 9.17) is 0 Å². The minimum absolute atomic E-state index is 0.350. The van der Waals surface area contributed by atoms with Crippen molar-refractivity contribution in [2.24, 2.45) is 5.92 Å². The molecule has 2 nitrogen and oxygen atoms in total. The molecule has 10 heavy (non-hydrogen) atoms. The van der Waals surface area contributed by atoms with Crippen molar-refractivity contribution in [3.8, 4) is 0 Å². The maximum Gasteiger partial charge on any atom is 0.0442 e. The van der Waals surface area contributed by atoms with Crippen molar-refractivity contribution >= 4 is 5.97 Å². The Balaban J connectivity index is 3.49. The van der Waals surface area contributed by atoms with Crippen LogP contribution in [0.5, 0.6) is 0 Å². The molecule has 0 spiro atoms. The van der Waals surface area contributed by atoms with E-state index in [2.05, 4.69) is 6.58 Å². The van der Waals surface area contributed by atoms with Gasteiger partial charge in [0.2, 0.25) is 0 Å². The molecule has 0 aliphatic rings. The number of hydrogen-bond donors (Lipinski definition) is 0. The maximum absolute atomic E-state index is 10.2. The van der Waals surface area contributed by atoms with E-state index in [0.29, 0.717) is 6.42 Å². The molecule has 0 amide bonds. The van der Waals surface area contributed by atoms with Crippen molar-refractivity contribution < 1.29 is 9.90 Å². The zero-order chi connectivity index (χ0) is 8.15. The number of carboxylic acid groups (broad SMARTS) is 1. The van der Waals surface area contributed by atoms with Crippen LogP contribution >= 0.6 is 0 Å². The van der Waals surface area contributed by atoms with E-state index in [0.717, 1.165) is 12.0 Å². The fourth-order valence-electron chi connectivity index (χ4n) is 0.581. The Labute approximate surface area is 61.6 Å². The van der Waals surface area contributed by atoms with Gasteiger partial charge in [0.1, 0.15) is 0 Å². The zero-order valence-corrected chi connectivity index (χ0v) is 6.52. The number of rotatable bonds is 4. The predicted octanol–water partition coefficient (Wildman–Crippen LogP) is 0.729. The Bertz CT molecular complexity index is 138. The summed E-state index contributed by atoms with van der Waals surface area (Å²) in [7, 11) is 0. The van der Waals surface area contributed by atoms with Crippen molar-refractivity contribution in [1.29, 1.82) is 0 Å². The molecular weight excluding hydrogens is 128 g/mol. The molecule has 1 atom stereocenters. The first kappa shape index (κ1) is 9.21. The quantitative estimate of drug-likeness (QED) is 0.541. The molecule has 0 aliphatic heterocycles. The van der Waals surface area contributed by atoms with E-state index in [1.54, 1.807) is 6.92 Å². The van der Waals surface area contributed by atoms with Crippen molar-refractivity contribution in [2.45, 2.75) is 26.7 Å². The molecule has 0 aliphatic carbocycles. The van der Waals surface area contributed by atoms with Crippen LogP contribution in [0.25, 0.3) is 0 Å². The second-order valence-corrected chi connectivity index (χ2v) is 2.72. The summed E-state index contributed by atoms with van der Waals surface area (Å²) in [6.07, 6.45) is 1.41. The minimum Gasteiger partial charge on any atom is -0.550 e. The van der Waals surface area contributed by atoms with Gasteiger partial charge >= 0.3 is 0 Å². The molecule has 0 saturated heterocycles. The third-order valence-corrected chi connectivity index (χ3v) is 1.41. The topological polar surface area (TPSA) is 40.1 Å². The summed E-state index contributed by atoms with van der Waals surface area (Å²) in [6, 6.07) is 0. The summed E-state index contributed by atoms with van der Waals surface area (Å²) in [5, 5.41) is 10.2. The van der Waals surface area contributed by atoms with E-state index in [9.17, 15) is 9.90 Å². The molecule has 2 heteroatoms. The maximum atomic E-state index is 10.2. The average Bonchev–Trinajstić information content (AvgIpc) is 1.82. The van der Waals surface area contributed by atoms with Gasteiger partial charge in [-0.2, -0.15) is 0 Å². The highest BCUT2D eigenvalue weighted by atomic mass is 16.4. The number of carbonyl (C=O) groups is 1. The van der Waals surface area contributed by atoms with Crippen LogP contribution in [0.15, 0.2) is 12.2 Å². The molecular formula is C8H13O2-. The van der Waals surface area contributed by atoms with Crippen molar-refractivity contribution in [2.75, 3.05) is 0 Å². The first-order chi connectivity index (χ1) is 4.54. The van der Waals surface area contributed by atoms with Gasteiger partial charge in [-0.1, -0.05) is 12.5 Å². The predicted molar refractivity (Wildman–Crippen MR) is 38.2 cm³/mol. The van der Waals surface area contributed by atoms with Gasteiger partial charge in [-0.3, -0.25) is 0 Å². The second kappa shape index (κ2) is 4.09. The monoisotopic (exact) mass is 141 g/mol. The van der Waals surface area contributed by atoms with Crippen LogP contribution in [0.4, 0.5) is 0 Å². The van der Waals surface area contributed by atoms with Crippen molar-refractivity contribution in [3.05, 3.63) is 12.2 Å². The van der Waals surface area contributed by atoms with Crippen LogP contribution in [0.2, 0.25) is 0 Å². The van der Waals surface area contributed by atoms with Gasteiger partial charge in [-0.15, -0.1) is 6.58 Å². The smallest absolute Gasteiger partial charge is 0.0442 e. The second-order valence-electron chi connectivity index (χ2n) is 2.72. The molecule has 0 bridgehead atoms. The van der Waals surface area contributed by atoms with Gasteiger partial charge in [0, 0.05) is 5.97 Å². The summed E-state index contributed by atoms with van der Waals surface area (Å²) in [6.45, 7) is 7.22. The zero-order valence-electron chi connectivity index (χ0n) is 6.52. The number of carbonyl (C=O) groups excluding carboxylic acids is 1. The average molecular weight is 141 g/mol.